The first-order chi connectivity index (χ1) is 6.75. The summed E-state index contributed by atoms with van der Waals surface area (Å²) in [6, 6.07) is 8.73. The standard InChI is InChI=1S/C13H16O/c1-10-2-4-11(5-3-10)12-6-8-13(14)9-7-12/h2-5,12H,6-9H2,1H3. The molecule has 74 valence electrons. The minimum Gasteiger partial charge on any atom is -0.300 e. The van der Waals surface area contributed by atoms with Crippen molar-refractivity contribution in [2.24, 2.45) is 0 Å². The van der Waals surface area contributed by atoms with Crippen LogP contribution < -0.4 is 0 Å². The highest BCUT2D eigenvalue weighted by Gasteiger charge is 2.19. The zero-order valence-electron chi connectivity index (χ0n) is 8.62. The molecule has 0 aliphatic heterocycles. The van der Waals surface area contributed by atoms with Crippen LogP contribution in [0, 0.1) is 6.92 Å². The van der Waals surface area contributed by atoms with Crippen molar-refractivity contribution in [2.75, 3.05) is 0 Å². The summed E-state index contributed by atoms with van der Waals surface area (Å²) in [7, 11) is 0. The minimum absolute atomic E-state index is 0.438. The van der Waals surface area contributed by atoms with E-state index in [2.05, 4.69) is 31.2 Å². The summed E-state index contributed by atoms with van der Waals surface area (Å²) in [5.41, 5.74) is 2.71. The van der Waals surface area contributed by atoms with Crippen molar-refractivity contribution in [2.45, 2.75) is 38.5 Å². The average Bonchev–Trinajstić information content (AvgIpc) is 2.21. The molecule has 0 atom stereocenters. The van der Waals surface area contributed by atoms with Gasteiger partial charge in [-0.05, 0) is 31.2 Å². The Morgan fingerprint density at radius 2 is 1.64 bits per heavy atom. The third-order valence-corrected chi connectivity index (χ3v) is 3.09. The van der Waals surface area contributed by atoms with Crippen LogP contribution in [0.3, 0.4) is 0 Å². The van der Waals surface area contributed by atoms with Gasteiger partial charge in [0, 0.05) is 12.8 Å². The predicted octanol–water partition coefficient (Wildman–Crippen LogP) is 3.22. The van der Waals surface area contributed by atoms with Gasteiger partial charge in [0.05, 0.1) is 0 Å². The smallest absolute Gasteiger partial charge is 0.132 e. The Labute approximate surface area is 85.1 Å². The van der Waals surface area contributed by atoms with E-state index in [4.69, 9.17) is 0 Å². The first-order valence-corrected chi connectivity index (χ1v) is 5.34. The van der Waals surface area contributed by atoms with Gasteiger partial charge in [-0.15, -0.1) is 0 Å². The maximum absolute atomic E-state index is 11.1. The highest BCUT2D eigenvalue weighted by molar-refractivity contribution is 5.79. The van der Waals surface area contributed by atoms with E-state index in [1.807, 2.05) is 0 Å². The van der Waals surface area contributed by atoms with E-state index in [-0.39, 0.29) is 0 Å². The van der Waals surface area contributed by atoms with E-state index in [9.17, 15) is 4.79 Å². The van der Waals surface area contributed by atoms with Crippen molar-refractivity contribution in [3.05, 3.63) is 35.4 Å². The summed E-state index contributed by atoms with van der Waals surface area (Å²) in [6.07, 6.45) is 3.64. The van der Waals surface area contributed by atoms with Crippen molar-refractivity contribution in [3.63, 3.8) is 0 Å². The van der Waals surface area contributed by atoms with Gasteiger partial charge in [0.2, 0.25) is 0 Å². The molecule has 1 nitrogen and oxygen atoms in total. The van der Waals surface area contributed by atoms with Crippen LogP contribution in [-0.4, -0.2) is 5.78 Å². The SMILES string of the molecule is Cc1ccc(C2CCC(=O)CC2)cc1. The van der Waals surface area contributed by atoms with Crippen molar-refractivity contribution in [1.29, 1.82) is 0 Å². The summed E-state index contributed by atoms with van der Waals surface area (Å²) in [5.74, 6) is 1.06. The number of hydrogen-bond acceptors (Lipinski definition) is 1. The fourth-order valence-electron chi connectivity index (χ4n) is 2.11. The molecule has 1 aliphatic carbocycles. The Morgan fingerprint density at radius 1 is 1.07 bits per heavy atom. The van der Waals surface area contributed by atoms with Gasteiger partial charge in [0.1, 0.15) is 5.78 Å². The molecule has 0 amide bonds. The number of carbonyl (C=O) groups is 1. The molecule has 1 aromatic carbocycles. The van der Waals surface area contributed by atoms with Gasteiger partial charge in [0.25, 0.3) is 0 Å². The summed E-state index contributed by atoms with van der Waals surface area (Å²) in [4.78, 5) is 11.1. The predicted molar refractivity (Wildman–Crippen MR) is 57.4 cm³/mol. The molecular weight excluding hydrogens is 172 g/mol. The number of benzene rings is 1. The second-order valence-corrected chi connectivity index (χ2v) is 4.22. The van der Waals surface area contributed by atoms with Gasteiger partial charge < -0.3 is 0 Å². The second-order valence-electron chi connectivity index (χ2n) is 4.22. The van der Waals surface area contributed by atoms with Crippen molar-refractivity contribution >= 4 is 5.78 Å². The van der Waals surface area contributed by atoms with E-state index in [1.54, 1.807) is 0 Å². The van der Waals surface area contributed by atoms with Gasteiger partial charge in [0.15, 0.2) is 0 Å². The normalized spacial score (nSPS) is 18.5. The summed E-state index contributed by atoms with van der Waals surface area (Å²) < 4.78 is 0. The molecule has 0 N–H and O–H groups in total. The molecule has 0 aromatic heterocycles. The second kappa shape index (κ2) is 3.95. The Bertz CT molecular complexity index is 314. The van der Waals surface area contributed by atoms with Crippen LogP contribution in [0.5, 0.6) is 0 Å². The minimum atomic E-state index is 0.438. The number of hydrogen-bond donors (Lipinski definition) is 0. The average molecular weight is 188 g/mol. The molecule has 0 unspecified atom stereocenters. The maximum atomic E-state index is 11.1. The van der Waals surface area contributed by atoms with Gasteiger partial charge in [-0.3, -0.25) is 4.79 Å². The molecule has 1 fully saturated rings. The number of carbonyl (C=O) groups excluding carboxylic acids is 1. The first kappa shape index (κ1) is 9.45. The number of aryl methyl sites for hydroxylation is 1. The van der Waals surface area contributed by atoms with Crippen LogP contribution in [0.4, 0.5) is 0 Å². The van der Waals surface area contributed by atoms with Gasteiger partial charge in [-0.1, -0.05) is 29.8 Å². The molecule has 14 heavy (non-hydrogen) atoms. The Kier molecular flexibility index (Phi) is 2.67. The molecular formula is C13H16O. The molecule has 1 aliphatic rings. The van der Waals surface area contributed by atoms with Gasteiger partial charge in [-0.2, -0.15) is 0 Å². The Balaban J connectivity index is 2.08. The van der Waals surface area contributed by atoms with Crippen LogP contribution >= 0.6 is 0 Å². The van der Waals surface area contributed by atoms with Crippen molar-refractivity contribution in [3.8, 4) is 0 Å². The quantitative estimate of drug-likeness (QED) is 0.661. The van der Waals surface area contributed by atoms with E-state index < -0.39 is 0 Å². The van der Waals surface area contributed by atoms with E-state index in [0.717, 1.165) is 25.7 Å². The highest BCUT2D eigenvalue weighted by Crippen LogP contribution is 2.30. The molecule has 0 radical (unpaired) electrons. The van der Waals surface area contributed by atoms with Crippen LogP contribution in [0.2, 0.25) is 0 Å². The Morgan fingerprint density at radius 3 is 2.21 bits per heavy atom. The van der Waals surface area contributed by atoms with E-state index in [1.165, 1.54) is 11.1 Å². The lowest BCUT2D eigenvalue weighted by Gasteiger charge is -2.21. The maximum Gasteiger partial charge on any atom is 0.132 e. The Hall–Kier alpha value is -1.11. The van der Waals surface area contributed by atoms with Crippen LogP contribution in [-0.2, 0) is 4.79 Å². The molecule has 0 heterocycles. The molecule has 1 aromatic rings. The third-order valence-electron chi connectivity index (χ3n) is 3.09. The molecule has 0 saturated heterocycles. The van der Waals surface area contributed by atoms with Gasteiger partial charge in [-0.25, -0.2) is 0 Å². The molecule has 1 heteroatoms. The topological polar surface area (TPSA) is 17.1 Å². The molecule has 0 bridgehead atoms. The fraction of sp³-hybridized carbons (Fsp3) is 0.462. The molecule has 2 rings (SSSR count). The van der Waals surface area contributed by atoms with Crippen LogP contribution in [0.15, 0.2) is 24.3 Å². The van der Waals surface area contributed by atoms with Crippen LogP contribution in [0.1, 0.15) is 42.7 Å². The largest absolute Gasteiger partial charge is 0.300 e. The van der Waals surface area contributed by atoms with E-state index >= 15 is 0 Å². The molecule has 0 spiro atoms. The van der Waals surface area contributed by atoms with E-state index in [0.29, 0.717) is 11.7 Å². The lowest BCUT2D eigenvalue weighted by Crippen LogP contribution is -2.12. The summed E-state index contributed by atoms with van der Waals surface area (Å²) >= 11 is 0. The lowest BCUT2D eigenvalue weighted by atomic mass is 9.83. The third kappa shape index (κ3) is 2.03. The first-order valence-electron chi connectivity index (χ1n) is 5.34. The summed E-state index contributed by atoms with van der Waals surface area (Å²) in [5, 5.41) is 0. The van der Waals surface area contributed by atoms with Crippen molar-refractivity contribution in [1.82, 2.24) is 0 Å². The summed E-state index contributed by atoms with van der Waals surface area (Å²) in [6.45, 7) is 2.11. The van der Waals surface area contributed by atoms with Gasteiger partial charge >= 0.3 is 0 Å². The number of ketones is 1. The lowest BCUT2D eigenvalue weighted by molar-refractivity contribution is -0.120. The van der Waals surface area contributed by atoms with Crippen molar-refractivity contribution < 1.29 is 4.79 Å². The number of Topliss-reactive ketones (excluding diaryl/α,β-unsaturated/α-hetero) is 1. The zero-order chi connectivity index (χ0) is 9.97. The molecule has 1 saturated carbocycles. The number of rotatable bonds is 1. The highest BCUT2D eigenvalue weighted by atomic mass is 16.1. The van der Waals surface area contributed by atoms with Crippen LogP contribution in [0.25, 0.3) is 0 Å². The zero-order valence-corrected chi connectivity index (χ0v) is 8.62. The fourth-order valence-corrected chi connectivity index (χ4v) is 2.11. The monoisotopic (exact) mass is 188 g/mol.